The molecule has 2 rings (SSSR count). The highest BCUT2D eigenvalue weighted by atomic mass is 127. The van der Waals surface area contributed by atoms with E-state index in [-0.39, 0.29) is 29.9 Å². The molecule has 0 spiro atoms. The van der Waals surface area contributed by atoms with Crippen LogP contribution in [0.1, 0.15) is 129 Å². The van der Waals surface area contributed by atoms with Gasteiger partial charge in [0.1, 0.15) is 0 Å². The number of carbonyl (C=O) groups excluding carboxylic acids is 1. The van der Waals surface area contributed by atoms with E-state index < -0.39 is 0 Å². The molecule has 0 aromatic rings. The molecule has 0 aliphatic carbocycles. The van der Waals surface area contributed by atoms with Crippen LogP contribution in [0.3, 0.4) is 0 Å². The number of esters is 1. The third-order valence-corrected chi connectivity index (χ3v) is 7.95. The second kappa shape index (κ2) is 17.6. The molecule has 31 heavy (non-hydrogen) atoms. The van der Waals surface area contributed by atoms with Crippen LogP contribution in [0.25, 0.3) is 0 Å². The van der Waals surface area contributed by atoms with Crippen LogP contribution in [0.4, 0.5) is 0 Å². The number of carbonyl (C=O) groups is 1. The number of nitrogens with zero attached hydrogens (tertiary/aromatic N) is 1. The van der Waals surface area contributed by atoms with Gasteiger partial charge in [0, 0.05) is 18.8 Å². The maximum atomic E-state index is 12.2. The normalized spacial score (nSPS) is 25.5. The van der Waals surface area contributed by atoms with Crippen molar-refractivity contribution in [1.82, 2.24) is 0 Å². The van der Waals surface area contributed by atoms with Gasteiger partial charge in [-0.25, -0.2) is 0 Å². The van der Waals surface area contributed by atoms with Crippen molar-refractivity contribution in [3.05, 3.63) is 0 Å². The van der Waals surface area contributed by atoms with E-state index in [0.717, 1.165) is 12.5 Å². The van der Waals surface area contributed by atoms with Crippen molar-refractivity contribution in [2.24, 2.45) is 5.92 Å². The number of unbranched alkanes of at least 4 members (excludes halogenated alkanes) is 12. The monoisotopic (exact) mass is 549 g/mol. The summed E-state index contributed by atoms with van der Waals surface area (Å²) in [4.78, 5) is 12.2. The Balaban J connectivity index is 0.00000480. The van der Waals surface area contributed by atoms with Crippen LogP contribution in [0.2, 0.25) is 0 Å². The first-order valence-corrected chi connectivity index (χ1v) is 13.7. The average molecular weight is 550 g/mol. The number of fused-ring (bicyclic) bond motifs is 1. The maximum absolute atomic E-state index is 12.2. The zero-order valence-electron chi connectivity index (χ0n) is 20.9. The smallest absolute Gasteiger partial charge is 0.305 e. The minimum absolute atomic E-state index is 0. The average Bonchev–Trinajstić information content (AvgIpc) is 2.75. The first-order valence-electron chi connectivity index (χ1n) is 13.7. The molecule has 0 amide bonds. The van der Waals surface area contributed by atoms with Crippen molar-refractivity contribution in [3.63, 3.8) is 0 Å². The van der Waals surface area contributed by atoms with Gasteiger partial charge in [-0.15, -0.1) is 0 Å². The molecule has 3 nitrogen and oxygen atoms in total. The van der Waals surface area contributed by atoms with Crippen LogP contribution in [0.15, 0.2) is 0 Å². The standard InChI is InChI=1S/C27H52NO2.HI/c1-3-4-5-6-7-8-9-10-11-12-13-14-15-21-27(29)30-24-25-19-18-23-28(2)22-17-16-20-26(25)28;/h25-26H,3-24H2,1-2H3;1H/q+1;/p-1/t25-,26+,28?;/m1./s1. The maximum Gasteiger partial charge on any atom is 0.305 e. The van der Waals surface area contributed by atoms with E-state index in [9.17, 15) is 4.79 Å². The number of hydrogen-bond donors (Lipinski definition) is 0. The molecule has 2 aliphatic rings. The van der Waals surface area contributed by atoms with Gasteiger partial charge in [0.2, 0.25) is 0 Å². The van der Waals surface area contributed by atoms with E-state index >= 15 is 0 Å². The summed E-state index contributed by atoms with van der Waals surface area (Å²) >= 11 is 0. The molecule has 3 atom stereocenters. The lowest BCUT2D eigenvalue weighted by molar-refractivity contribution is -0.947. The van der Waals surface area contributed by atoms with Crippen molar-refractivity contribution < 1.29 is 38.0 Å². The summed E-state index contributed by atoms with van der Waals surface area (Å²) in [6.07, 6.45) is 24.7. The van der Waals surface area contributed by atoms with Crippen LogP contribution in [-0.4, -0.2) is 43.2 Å². The summed E-state index contributed by atoms with van der Waals surface area (Å²) in [6, 6.07) is 0.733. The third kappa shape index (κ3) is 11.7. The van der Waals surface area contributed by atoms with Crippen LogP contribution >= 0.6 is 0 Å². The highest BCUT2D eigenvalue weighted by Crippen LogP contribution is 2.36. The van der Waals surface area contributed by atoms with E-state index in [1.54, 1.807) is 0 Å². The van der Waals surface area contributed by atoms with Crippen molar-refractivity contribution in [1.29, 1.82) is 0 Å². The minimum Gasteiger partial charge on any atom is -1.00 e. The first-order chi connectivity index (χ1) is 14.7. The highest BCUT2D eigenvalue weighted by molar-refractivity contribution is 5.69. The van der Waals surface area contributed by atoms with Gasteiger partial charge in [0.25, 0.3) is 0 Å². The van der Waals surface area contributed by atoms with E-state index in [4.69, 9.17) is 4.74 Å². The second-order valence-corrected chi connectivity index (χ2v) is 10.6. The Labute approximate surface area is 211 Å². The molecule has 2 fully saturated rings. The number of ether oxygens (including phenoxy) is 1. The summed E-state index contributed by atoms with van der Waals surface area (Å²) in [7, 11) is 2.44. The highest BCUT2D eigenvalue weighted by Gasteiger charge is 2.43. The number of halogens is 1. The van der Waals surface area contributed by atoms with Crippen molar-refractivity contribution >= 4 is 5.97 Å². The number of quaternary nitrogens is 1. The second-order valence-electron chi connectivity index (χ2n) is 10.6. The van der Waals surface area contributed by atoms with E-state index in [2.05, 4.69) is 14.0 Å². The molecule has 1 unspecified atom stereocenters. The summed E-state index contributed by atoms with van der Waals surface area (Å²) in [5.74, 6) is 0.647. The van der Waals surface area contributed by atoms with Crippen molar-refractivity contribution in [3.8, 4) is 0 Å². The molecule has 0 aromatic carbocycles. The molecule has 0 bridgehead atoms. The topological polar surface area (TPSA) is 26.3 Å². The van der Waals surface area contributed by atoms with Gasteiger partial charge in [-0.05, 0) is 32.1 Å². The quantitative estimate of drug-likeness (QED) is 0.123. The van der Waals surface area contributed by atoms with Gasteiger partial charge in [-0.2, -0.15) is 0 Å². The molecule has 2 saturated heterocycles. The van der Waals surface area contributed by atoms with Gasteiger partial charge in [-0.1, -0.05) is 84.0 Å². The predicted molar refractivity (Wildman–Crippen MR) is 128 cm³/mol. The lowest BCUT2D eigenvalue weighted by Gasteiger charge is -2.51. The van der Waals surface area contributed by atoms with Crippen molar-refractivity contribution in [2.45, 2.75) is 135 Å². The third-order valence-electron chi connectivity index (χ3n) is 7.95. The number of rotatable bonds is 16. The van der Waals surface area contributed by atoms with Crippen LogP contribution < -0.4 is 24.0 Å². The fourth-order valence-corrected chi connectivity index (χ4v) is 5.99. The molecule has 0 aromatic heterocycles. The van der Waals surface area contributed by atoms with Crippen molar-refractivity contribution in [2.75, 3.05) is 26.7 Å². The molecule has 2 aliphatic heterocycles. The summed E-state index contributed by atoms with van der Waals surface area (Å²) in [6.45, 7) is 5.61. The predicted octanol–water partition coefficient (Wildman–Crippen LogP) is 4.42. The van der Waals surface area contributed by atoms with Gasteiger partial charge >= 0.3 is 5.97 Å². The Morgan fingerprint density at radius 3 is 1.94 bits per heavy atom. The number of hydrogen-bond acceptors (Lipinski definition) is 2. The summed E-state index contributed by atoms with van der Waals surface area (Å²) in [5, 5.41) is 0. The molecular weight excluding hydrogens is 497 g/mol. The summed E-state index contributed by atoms with van der Waals surface area (Å²) in [5.41, 5.74) is 0. The first kappa shape index (κ1) is 29.2. The Kier molecular flexibility index (Phi) is 16.6. The van der Waals surface area contributed by atoms with Crippen LogP contribution in [0, 0.1) is 5.92 Å². The Morgan fingerprint density at radius 1 is 0.774 bits per heavy atom. The Hall–Kier alpha value is 0.160. The van der Waals surface area contributed by atoms with Gasteiger partial charge in [0.15, 0.2) is 0 Å². The largest absolute Gasteiger partial charge is 1.00 e. The van der Waals surface area contributed by atoms with Gasteiger partial charge in [-0.3, -0.25) is 4.79 Å². The van der Waals surface area contributed by atoms with Gasteiger partial charge < -0.3 is 33.2 Å². The SMILES string of the molecule is CCCCCCCCCCCCCCCC(=O)OC[C@H]1CCC[N+]2(C)CCCC[C@@H]12.[I-]. The van der Waals surface area contributed by atoms with E-state index in [1.807, 2.05) is 0 Å². The van der Waals surface area contributed by atoms with Crippen LogP contribution in [-0.2, 0) is 9.53 Å². The zero-order chi connectivity index (χ0) is 21.5. The molecule has 0 saturated carbocycles. The molecule has 0 radical (unpaired) electrons. The van der Waals surface area contributed by atoms with E-state index in [0.29, 0.717) is 18.9 Å². The Bertz CT molecular complexity index is 455. The fourth-order valence-electron chi connectivity index (χ4n) is 5.99. The van der Waals surface area contributed by atoms with Crippen LogP contribution in [0.5, 0.6) is 0 Å². The molecule has 184 valence electrons. The minimum atomic E-state index is 0. The lowest BCUT2D eigenvalue weighted by atomic mass is 9.82. The zero-order valence-corrected chi connectivity index (χ0v) is 23.0. The fraction of sp³-hybridized carbons (Fsp3) is 0.963. The van der Waals surface area contributed by atoms with Gasteiger partial charge in [0.05, 0.1) is 32.8 Å². The Morgan fingerprint density at radius 2 is 1.32 bits per heavy atom. The molecule has 4 heteroatoms. The summed E-state index contributed by atoms with van der Waals surface area (Å²) < 4.78 is 6.97. The molecular formula is C27H52INO2. The number of piperidine rings is 2. The lowest BCUT2D eigenvalue weighted by Crippen LogP contribution is -3.00. The van der Waals surface area contributed by atoms with E-state index in [1.165, 1.54) is 127 Å². The molecule has 0 N–H and O–H groups in total. The molecule has 2 heterocycles.